The molecule has 2 aliphatic heterocycles. The van der Waals surface area contributed by atoms with E-state index < -0.39 is 17.5 Å². The Bertz CT molecular complexity index is 1260. The second kappa shape index (κ2) is 10.9. The number of likely N-dealkylation sites (N-methyl/N-ethyl adjacent to an activating group) is 1. The summed E-state index contributed by atoms with van der Waals surface area (Å²) < 4.78 is 46.6. The van der Waals surface area contributed by atoms with Gasteiger partial charge in [-0.2, -0.15) is 13.2 Å². The third-order valence-electron chi connectivity index (χ3n) is 8.07. The molecular weight excluding hydrogens is 525 g/mol. The first-order chi connectivity index (χ1) is 19.1. The lowest BCUT2D eigenvalue weighted by atomic mass is 10.0. The number of piperazine rings is 1. The van der Waals surface area contributed by atoms with E-state index in [1.165, 1.54) is 4.90 Å². The number of likely N-dealkylation sites (tertiary alicyclic amines) is 1. The summed E-state index contributed by atoms with van der Waals surface area (Å²) in [5, 5.41) is 3.06. The lowest BCUT2D eigenvalue weighted by molar-refractivity contribution is -0.199. The Labute approximate surface area is 231 Å². The van der Waals surface area contributed by atoms with E-state index in [2.05, 4.69) is 15.2 Å². The molecule has 1 aliphatic carbocycles. The first-order valence-electron chi connectivity index (χ1n) is 13.8. The van der Waals surface area contributed by atoms with Crippen molar-refractivity contribution in [2.75, 3.05) is 51.3 Å². The highest BCUT2D eigenvalue weighted by atomic mass is 19.4. The Morgan fingerprint density at radius 3 is 2.50 bits per heavy atom. The fourth-order valence-electron chi connectivity index (χ4n) is 5.63. The zero-order valence-corrected chi connectivity index (χ0v) is 23.0. The molecule has 2 aromatic heterocycles. The van der Waals surface area contributed by atoms with Crippen LogP contribution in [0, 0.1) is 5.41 Å². The number of anilines is 1. The zero-order chi connectivity index (χ0) is 28.7. The average Bonchev–Trinajstić information content (AvgIpc) is 3.74. The maximum absolute atomic E-state index is 13.7. The number of nitrogens with zero attached hydrogens (tertiary/aromatic N) is 5. The summed E-state index contributed by atoms with van der Waals surface area (Å²) in [4.78, 5) is 41.1. The molecule has 12 heteroatoms. The number of pyridine rings is 2. The van der Waals surface area contributed by atoms with Gasteiger partial charge in [0.1, 0.15) is 5.41 Å². The van der Waals surface area contributed by atoms with Gasteiger partial charge < -0.3 is 24.8 Å². The molecule has 0 aromatic carbocycles. The van der Waals surface area contributed by atoms with Crippen molar-refractivity contribution in [3.05, 3.63) is 36.2 Å². The molecule has 2 amide bonds. The Morgan fingerprint density at radius 1 is 1.12 bits per heavy atom. The Balaban J connectivity index is 1.45. The summed E-state index contributed by atoms with van der Waals surface area (Å²) in [6.45, 7) is 6.26. The van der Waals surface area contributed by atoms with Crippen LogP contribution in [0.2, 0.25) is 0 Å². The molecule has 0 spiro atoms. The second-order valence-electron chi connectivity index (χ2n) is 10.8. The van der Waals surface area contributed by atoms with E-state index in [0.717, 1.165) is 13.1 Å². The van der Waals surface area contributed by atoms with Crippen LogP contribution in [-0.2, 0) is 4.79 Å². The quantitative estimate of drug-likeness (QED) is 0.530. The van der Waals surface area contributed by atoms with Crippen molar-refractivity contribution in [2.24, 2.45) is 5.41 Å². The fraction of sp³-hybridized carbons (Fsp3) is 0.571. The number of rotatable bonds is 8. The molecule has 9 nitrogen and oxygen atoms in total. The van der Waals surface area contributed by atoms with E-state index in [1.54, 1.807) is 18.3 Å². The minimum atomic E-state index is -4.55. The Hall–Kier alpha value is -3.41. The molecule has 4 heterocycles. The van der Waals surface area contributed by atoms with E-state index >= 15 is 0 Å². The highest BCUT2D eigenvalue weighted by Gasteiger charge is 2.69. The maximum atomic E-state index is 13.7. The maximum Gasteiger partial charge on any atom is 0.403 e. The molecule has 1 N–H and O–H groups in total. The fourth-order valence-corrected chi connectivity index (χ4v) is 5.63. The van der Waals surface area contributed by atoms with Gasteiger partial charge in [0.2, 0.25) is 11.8 Å². The van der Waals surface area contributed by atoms with Crippen LogP contribution in [-0.4, -0.2) is 96.2 Å². The van der Waals surface area contributed by atoms with Crippen molar-refractivity contribution in [2.45, 2.75) is 51.4 Å². The highest BCUT2D eigenvalue weighted by Crippen LogP contribution is 2.58. The first-order valence-corrected chi connectivity index (χ1v) is 13.8. The van der Waals surface area contributed by atoms with Crippen LogP contribution in [0.3, 0.4) is 0 Å². The average molecular weight is 561 g/mol. The molecule has 1 saturated carbocycles. The van der Waals surface area contributed by atoms with Gasteiger partial charge in [0.25, 0.3) is 5.91 Å². The van der Waals surface area contributed by atoms with Crippen molar-refractivity contribution in [1.29, 1.82) is 0 Å². The van der Waals surface area contributed by atoms with E-state index in [0.29, 0.717) is 42.4 Å². The van der Waals surface area contributed by atoms with Crippen LogP contribution in [0.15, 0.2) is 30.5 Å². The smallest absolute Gasteiger partial charge is 0.403 e. The van der Waals surface area contributed by atoms with Gasteiger partial charge in [0.15, 0.2) is 5.69 Å². The van der Waals surface area contributed by atoms with Crippen LogP contribution < -0.4 is 15.0 Å². The monoisotopic (exact) mass is 560 g/mol. The second-order valence-corrected chi connectivity index (χ2v) is 10.8. The predicted octanol–water partition coefficient (Wildman–Crippen LogP) is 3.36. The van der Waals surface area contributed by atoms with Crippen molar-refractivity contribution >= 4 is 17.5 Å². The third-order valence-corrected chi connectivity index (χ3v) is 8.07. The van der Waals surface area contributed by atoms with Crippen LogP contribution in [0.4, 0.5) is 18.9 Å². The summed E-state index contributed by atoms with van der Waals surface area (Å²) in [5.74, 6) is -0.743. The van der Waals surface area contributed by atoms with Crippen molar-refractivity contribution < 1.29 is 27.5 Å². The topological polar surface area (TPSA) is 90.9 Å². The standard InChI is InChI=1S/C28H35F3N6O3/c1-4-19-17-36(26(39)27(10-11-27)28(29,30)31)13-14-37(19)22-9-8-21(20-7-6-12-32-25(20)40-5-2)34-23(22)24(38)33-18-15-35(3)16-18/h6-9,12,18-19H,4-5,10-11,13-17H2,1-3H3,(H,33,38)/t19-/m1/s1. The zero-order valence-electron chi connectivity index (χ0n) is 23.0. The molecule has 2 aromatic rings. The number of nitrogens with one attached hydrogen (secondary N) is 1. The number of alkyl halides is 3. The largest absolute Gasteiger partial charge is 0.477 e. The van der Waals surface area contributed by atoms with Crippen LogP contribution in [0.5, 0.6) is 5.88 Å². The number of hydrogen-bond acceptors (Lipinski definition) is 7. The minimum absolute atomic E-state index is 0.00160. The molecule has 5 rings (SSSR count). The summed E-state index contributed by atoms with van der Waals surface area (Å²) in [7, 11) is 1.97. The van der Waals surface area contributed by atoms with Gasteiger partial charge in [-0.15, -0.1) is 0 Å². The van der Waals surface area contributed by atoms with E-state index in [9.17, 15) is 22.8 Å². The Morgan fingerprint density at radius 2 is 1.88 bits per heavy atom. The molecule has 40 heavy (non-hydrogen) atoms. The summed E-state index contributed by atoms with van der Waals surface area (Å²) >= 11 is 0. The highest BCUT2D eigenvalue weighted by molar-refractivity contribution is 5.99. The summed E-state index contributed by atoms with van der Waals surface area (Å²) in [6, 6.07) is 6.96. The summed E-state index contributed by atoms with van der Waals surface area (Å²) in [6.07, 6.45) is -2.65. The van der Waals surface area contributed by atoms with Gasteiger partial charge in [-0.25, -0.2) is 9.97 Å². The van der Waals surface area contributed by atoms with Gasteiger partial charge in [-0.3, -0.25) is 9.59 Å². The number of halogens is 3. The van der Waals surface area contributed by atoms with Gasteiger partial charge in [0, 0.05) is 45.0 Å². The summed E-state index contributed by atoms with van der Waals surface area (Å²) in [5.41, 5.74) is -0.242. The van der Waals surface area contributed by atoms with Crippen molar-refractivity contribution in [1.82, 2.24) is 25.1 Å². The lowest BCUT2D eigenvalue weighted by Crippen LogP contribution is -2.59. The lowest BCUT2D eigenvalue weighted by Gasteiger charge is -2.44. The molecule has 216 valence electrons. The first kappa shape index (κ1) is 28.1. The van der Waals surface area contributed by atoms with E-state index in [1.807, 2.05) is 37.9 Å². The number of hydrogen-bond donors (Lipinski definition) is 1. The Kier molecular flexibility index (Phi) is 7.64. The molecular formula is C28H35F3N6O3. The number of amides is 2. The minimum Gasteiger partial charge on any atom is -0.477 e. The number of aromatic nitrogens is 2. The molecule has 0 bridgehead atoms. The molecule has 0 radical (unpaired) electrons. The van der Waals surface area contributed by atoms with E-state index in [4.69, 9.17) is 9.72 Å². The van der Waals surface area contributed by atoms with Crippen LogP contribution in [0.1, 0.15) is 43.6 Å². The van der Waals surface area contributed by atoms with Crippen molar-refractivity contribution in [3.63, 3.8) is 0 Å². The molecule has 3 aliphatic rings. The molecule has 2 saturated heterocycles. The predicted molar refractivity (Wildman–Crippen MR) is 143 cm³/mol. The molecule has 0 unspecified atom stereocenters. The van der Waals surface area contributed by atoms with Gasteiger partial charge in [-0.1, -0.05) is 6.92 Å². The number of carbonyl (C=O) groups is 2. The van der Waals surface area contributed by atoms with Crippen LogP contribution >= 0.6 is 0 Å². The number of ether oxygens (including phenoxy) is 1. The van der Waals surface area contributed by atoms with Crippen LogP contribution in [0.25, 0.3) is 11.3 Å². The van der Waals surface area contributed by atoms with Crippen molar-refractivity contribution in [3.8, 4) is 17.1 Å². The van der Waals surface area contributed by atoms with Gasteiger partial charge in [0.05, 0.1) is 29.6 Å². The SMILES string of the molecule is CCOc1ncccc1-c1ccc(N2CCN(C(=O)C3(C(F)(F)F)CC3)C[C@H]2CC)c(C(=O)NC2CN(C)C2)n1. The number of carbonyl (C=O) groups excluding carboxylic acids is 2. The van der Waals surface area contributed by atoms with Gasteiger partial charge >= 0.3 is 6.18 Å². The third kappa shape index (κ3) is 5.21. The normalized spacial score (nSPS) is 21.1. The molecule has 3 fully saturated rings. The van der Waals surface area contributed by atoms with E-state index in [-0.39, 0.29) is 49.6 Å². The van der Waals surface area contributed by atoms with Gasteiger partial charge in [-0.05, 0) is 57.5 Å². The molecule has 1 atom stereocenters.